The summed E-state index contributed by atoms with van der Waals surface area (Å²) in [4.78, 5) is 20.1. The molecule has 0 aliphatic rings. The summed E-state index contributed by atoms with van der Waals surface area (Å²) in [6.07, 6.45) is 5.20. The van der Waals surface area contributed by atoms with Crippen molar-refractivity contribution in [2.45, 2.75) is 58.5 Å². The summed E-state index contributed by atoms with van der Waals surface area (Å²) in [7, 11) is 0. The third kappa shape index (κ3) is 7.04. The summed E-state index contributed by atoms with van der Waals surface area (Å²) in [5.41, 5.74) is 3.44. The molecule has 0 bridgehead atoms. The van der Waals surface area contributed by atoms with Crippen molar-refractivity contribution in [1.82, 2.24) is 20.2 Å². The number of nitrogens with zero attached hydrogens (tertiary/aromatic N) is 3. The molecule has 0 fully saturated rings. The minimum atomic E-state index is -0.616. The summed E-state index contributed by atoms with van der Waals surface area (Å²) in [5, 5.41) is 21.4. The zero-order chi connectivity index (χ0) is 27.0. The van der Waals surface area contributed by atoms with Crippen molar-refractivity contribution < 1.29 is 14.6 Å². The van der Waals surface area contributed by atoms with Crippen LogP contribution in [0, 0.1) is 6.92 Å². The summed E-state index contributed by atoms with van der Waals surface area (Å²) in [5.74, 6) is 1.52. The molecule has 8 heteroatoms. The normalized spacial score (nSPS) is 11.4. The second-order valence-corrected chi connectivity index (χ2v) is 9.53. The highest BCUT2D eigenvalue weighted by Gasteiger charge is 2.21. The molecule has 1 amide bonds. The second-order valence-electron chi connectivity index (χ2n) is 9.53. The molecule has 38 heavy (non-hydrogen) atoms. The van der Waals surface area contributed by atoms with E-state index < -0.39 is 11.5 Å². The number of nitrogens with one attached hydrogen (secondary N) is 2. The van der Waals surface area contributed by atoms with Crippen LogP contribution < -0.4 is 10.1 Å². The Morgan fingerprint density at radius 2 is 1.84 bits per heavy atom. The van der Waals surface area contributed by atoms with E-state index in [2.05, 4.69) is 25.5 Å². The molecule has 0 spiro atoms. The van der Waals surface area contributed by atoms with Gasteiger partial charge in [0.05, 0.1) is 12.2 Å². The molecule has 2 heterocycles. The Bertz CT molecular complexity index is 1350. The molecule has 4 rings (SSSR count). The molecule has 0 saturated heterocycles. The van der Waals surface area contributed by atoms with E-state index >= 15 is 0 Å². The van der Waals surface area contributed by atoms with Crippen molar-refractivity contribution in [2.24, 2.45) is 0 Å². The molecule has 4 aromatic rings. The van der Waals surface area contributed by atoms with Crippen LogP contribution in [0.2, 0.25) is 0 Å². The molecule has 0 aliphatic carbocycles. The topological polar surface area (TPSA) is 113 Å². The average molecular weight is 514 g/mol. The molecule has 0 unspecified atom stereocenters. The van der Waals surface area contributed by atoms with Crippen molar-refractivity contribution in [3.05, 3.63) is 89.6 Å². The monoisotopic (exact) mass is 513 g/mol. The van der Waals surface area contributed by atoms with Gasteiger partial charge in [0, 0.05) is 12.6 Å². The van der Waals surface area contributed by atoms with Gasteiger partial charge in [-0.15, -0.1) is 10.2 Å². The molecular weight excluding hydrogens is 478 g/mol. The largest absolute Gasteiger partial charge is 0.494 e. The lowest BCUT2D eigenvalue weighted by Crippen LogP contribution is -2.26. The summed E-state index contributed by atoms with van der Waals surface area (Å²) >= 11 is 0. The molecule has 0 radical (unpaired) electrons. The van der Waals surface area contributed by atoms with E-state index in [0.717, 1.165) is 47.3 Å². The van der Waals surface area contributed by atoms with E-state index in [1.165, 1.54) is 0 Å². The lowest BCUT2D eigenvalue weighted by Gasteiger charge is -2.25. The maximum atomic E-state index is 12.8. The highest BCUT2D eigenvalue weighted by Crippen LogP contribution is 2.29. The lowest BCUT2D eigenvalue weighted by molar-refractivity contribution is 0.0185. The molecule has 0 saturated carbocycles. The number of ether oxygens (including phenoxy) is 1. The van der Waals surface area contributed by atoms with Crippen LogP contribution in [-0.4, -0.2) is 43.4 Å². The van der Waals surface area contributed by atoms with E-state index in [1.807, 2.05) is 81.4 Å². The van der Waals surface area contributed by atoms with Crippen LogP contribution >= 0.6 is 0 Å². The van der Waals surface area contributed by atoms with Gasteiger partial charge in [0.1, 0.15) is 17.4 Å². The molecule has 198 valence electrons. The number of H-pyrrole nitrogens is 1. The number of aryl methyl sites for hydroxylation is 1. The number of anilines is 1. The molecular formula is C30H35N5O3. The number of carbonyl (C=O) groups is 1. The molecule has 8 nitrogen and oxygen atoms in total. The van der Waals surface area contributed by atoms with Gasteiger partial charge in [-0.2, -0.15) is 0 Å². The maximum absolute atomic E-state index is 12.8. The maximum Gasteiger partial charge on any atom is 0.294 e. The summed E-state index contributed by atoms with van der Waals surface area (Å²) < 4.78 is 5.99. The Morgan fingerprint density at radius 3 is 2.61 bits per heavy atom. The fourth-order valence-electron chi connectivity index (χ4n) is 4.31. The first kappa shape index (κ1) is 27.0. The van der Waals surface area contributed by atoms with Crippen LogP contribution in [0.1, 0.15) is 67.1 Å². The molecule has 3 N–H and O–H groups in total. The molecule has 0 atom stereocenters. The SMILES string of the molecule is CCC(O)(CC)CCCOc1ccc(C)c(-c2ccnc(NC(=O)c3nnc(Cc4ccccc4)[nH]3)c2)c1. The van der Waals surface area contributed by atoms with Crippen LogP contribution in [0.4, 0.5) is 5.82 Å². The van der Waals surface area contributed by atoms with Crippen molar-refractivity contribution in [1.29, 1.82) is 0 Å². The minimum absolute atomic E-state index is 0.132. The third-order valence-electron chi connectivity index (χ3n) is 6.86. The standard InChI is InChI=1S/C30H35N5O3/c1-4-30(37,5-2)15-9-17-38-24-13-12-21(3)25(20-24)23-14-16-31-26(19-23)33-29(36)28-32-27(34-35-28)18-22-10-7-6-8-11-22/h6-8,10-14,16,19-20,37H,4-5,9,15,17-18H2,1-3H3,(H,31,33,36)(H,32,34,35). The minimum Gasteiger partial charge on any atom is -0.494 e. The quantitative estimate of drug-likeness (QED) is 0.209. The molecule has 2 aromatic heterocycles. The van der Waals surface area contributed by atoms with Crippen LogP contribution in [0.5, 0.6) is 5.75 Å². The number of aromatic nitrogens is 4. The van der Waals surface area contributed by atoms with E-state index in [-0.39, 0.29) is 5.82 Å². The average Bonchev–Trinajstić information content (AvgIpc) is 3.41. The third-order valence-corrected chi connectivity index (χ3v) is 6.86. The Labute approximate surface area is 223 Å². The second kappa shape index (κ2) is 12.5. The zero-order valence-corrected chi connectivity index (χ0v) is 22.2. The van der Waals surface area contributed by atoms with Crippen LogP contribution in [-0.2, 0) is 6.42 Å². The van der Waals surface area contributed by atoms with Crippen molar-refractivity contribution in [3.63, 3.8) is 0 Å². The Hall–Kier alpha value is -4.04. The number of hydrogen-bond acceptors (Lipinski definition) is 6. The lowest BCUT2D eigenvalue weighted by atomic mass is 9.92. The number of aliphatic hydroxyl groups is 1. The van der Waals surface area contributed by atoms with Gasteiger partial charge < -0.3 is 20.1 Å². The van der Waals surface area contributed by atoms with E-state index in [9.17, 15) is 9.90 Å². The van der Waals surface area contributed by atoms with Gasteiger partial charge in [0.15, 0.2) is 0 Å². The summed E-state index contributed by atoms with van der Waals surface area (Å²) in [6, 6.07) is 19.6. The Morgan fingerprint density at radius 1 is 1.05 bits per heavy atom. The van der Waals surface area contributed by atoms with Gasteiger partial charge in [0.25, 0.3) is 5.91 Å². The number of aromatic amines is 1. The van der Waals surface area contributed by atoms with Gasteiger partial charge in [-0.25, -0.2) is 4.98 Å². The number of pyridine rings is 1. The van der Waals surface area contributed by atoms with Crippen LogP contribution in [0.25, 0.3) is 11.1 Å². The Kier molecular flexibility index (Phi) is 8.86. The van der Waals surface area contributed by atoms with E-state index in [0.29, 0.717) is 31.1 Å². The number of benzene rings is 2. The highest BCUT2D eigenvalue weighted by molar-refractivity contribution is 6.01. The number of rotatable bonds is 12. The fraction of sp³-hybridized carbons (Fsp3) is 0.333. The van der Waals surface area contributed by atoms with Crippen molar-refractivity contribution in [2.75, 3.05) is 11.9 Å². The van der Waals surface area contributed by atoms with Gasteiger partial charge in [-0.1, -0.05) is 50.2 Å². The van der Waals surface area contributed by atoms with Gasteiger partial charge in [0.2, 0.25) is 5.82 Å². The number of carbonyl (C=O) groups excluding carboxylic acids is 1. The van der Waals surface area contributed by atoms with E-state index in [4.69, 9.17) is 4.74 Å². The fourth-order valence-corrected chi connectivity index (χ4v) is 4.31. The highest BCUT2D eigenvalue weighted by atomic mass is 16.5. The zero-order valence-electron chi connectivity index (χ0n) is 22.2. The first-order valence-electron chi connectivity index (χ1n) is 13.1. The summed E-state index contributed by atoms with van der Waals surface area (Å²) in [6.45, 7) is 6.59. The predicted molar refractivity (Wildman–Crippen MR) is 148 cm³/mol. The smallest absolute Gasteiger partial charge is 0.294 e. The van der Waals surface area contributed by atoms with Gasteiger partial charge >= 0.3 is 0 Å². The van der Waals surface area contributed by atoms with E-state index in [1.54, 1.807) is 6.20 Å². The van der Waals surface area contributed by atoms with Crippen molar-refractivity contribution in [3.8, 4) is 16.9 Å². The van der Waals surface area contributed by atoms with Crippen molar-refractivity contribution >= 4 is 11.7 Å². The first-order valence-corrected chi connectivity index (χ1v) is 13.1. The van der Waals surface area contributed by atoms with Gasteiger partial charge in [-0.3, -0.25) is 4.79 Å². The number of hydrogen-bond donors (Lipinski definition) is 3. The molecule has 2 aromatic carbocycles. The Balaban J connectivity index is 1.40. The van der Waals surface area contributed by atoms with Gasteiger partial charge in [-0.05, 0) is 79.1 Å². The first-order chi connectivity index (χ1) is 18.4. The molecule has 0 aliphatic heterocycles. The number of amides is 1. The van der Waals surface area contributed by atoms with Crippen LogP contribution in [0.15, 0.2) is 66.9 Å². The van der Waals surface area contributed by atoms with Crippen LogP contribution in [0.3, 0.4) is 0 Å². The predicted octanol–water partition coefficient (Wildman–Crippen LogP) is 5.73.